The normalized spacial score (nSPS) is 14.0. The predicted molar refractivity (Wildman–Crippen MR) is 160 cm³/mol. The first kappa shape index (κ1) is 32.6. The molecule has 11 heteroatoms. The number of carbonyl (C=O) groups is 4. The molecule has 2 aromatic carbocycles. The number of aryl methyl sites for hydroxylation is 1. The molecule has 0 saturated carbocycles. The first-order valence-corrected chi connectivity index (χ1v) is 15.0. The minimum absolute atomic E-state index is 0.0743. The van der Waals surface area contributed by atoms with E-state index >= 15 is 0 Å². The third-order valence-corrected chi connectivity index (χ3v) is 8.02. The fourth-order valence-corrected chi connectivity index (χ4v) is 5.62. The SMILES string of the molecule is CCOC(=O)CCC(=O)N1Cc2cc(CCCOc3cc4c(cc3OC)CN(C(=O)C[C@H](C)C(=O)OC)C4)c(OC)cc2C1. The van der Waals surface area contributed by atoms with Crippen molar-refractivity contribution in [3.05, 3.63) is 52.1 Å². The van der Waals surface area contributed by atoms with Gasteiger partial charge in [0.1, 0.15) is 5.75 Å². The summed E-state index contributed by atoms with van der Waals surface area (Å²) in [6.45, 7) is 6.05. The third-order valence-electron chi connectivity index (χ3n) is 8.02. The van der Waals surface area contributed by atoms with Crippen LogP contribution in [0, 0.1) is 5.92 Å². The summed E-state index contributed by atoms with van der Waals surface area (Å²) in [6.07, 6.45) is 1.73. The first-order valence-electron chi connectivity index (χ1n) is 15.0. The van der Waals surface area contributed by atoms with E-state index in [4.69, 9.17) is 23.7 Å². The monoisotopic (exact) mass is 610 g/mol. The molecule has 2 aromatic rings. The molecule has 0 N–H and O–H groups in total. The molecule has 4 rings (SSSR count). The molecule has 0 fully saturated rings. The van der Waals surface area contributed by atoms with Crippen molar-refractivity contribution >= 4 is 23.8 Å². The van der Waals surface area contributed by atoms with Crippen LogP contribution in [-0.2, 0) is 61.3 Å². The van der Waals surface area contributed by atoms with Crippen LogP contribution in [0.3, 0.4) is 0 Å². The molecule has 2 amide bonds. The molecular formula is C33H42N2O9. The van der Waals surface area contributed by atoms with E-state index in [0.29, 0.717) is 63.7 Å². The van der Waals surface area contributed by atoms with E-state index in [-0.39, 0.29) is 37.0 Å². The van der Waals surface area contributed by atoms with Crippen molar-refractivity contribution in [3.63, 3.8) is 0 Å². The fourth-order valence-electron chi connectivity index (χ4n) is 5.62. The maximum Gasteiger partial charge on any atom is 0.308 e. The number of methoxy groups -OCH3 is 3. The molecule has 0 spiro atoms. The van der Waals surface area contributed by atoms with E-state index < -0.39 is 11.9 Å². The standard InChI is InChI=1S/C33H42N2O9/c1-6-43-32(38)10-9-30(36)34-17-23-13-22(27(40-3)14-24(23)18-34)8-7-11-44-29-16-26-20-35(19-25(26)15-28(29)41-4)31(37)12-21(2)33(39)42-5/h13-16,21H,6-12,17-20H2,1-5H3/t21-/m0/s1. The Kier molecular flexibility index (Phi) is 11.1. The lowest BCUT2D eigenvalue weighted by Crippen LogP contribution is -2.29. The Hall–Kier alpha value is -4.28. The summed E-state index contributed by atoms with van der Waals surface area (Å²) in [6, 6.07) is 7.92. The molecule has 0 bridgehead atoms. The van der Waals surface area contributed by atoms with E-state index in [1.165, 1.54) is 7.11 Å². The summed E-state index contributed by atoms with van der Waals surface area (Å²) in [5, 5.41) is 0. The second kappa shape index (κ2) is 14.9. The zero-order valence-corrected chi connectivity index (χ0v) is 26.2. The molecule has 11 nitrogen and oxygen atoms in total. The lowest BCUT2D eigenvalue weighted by molar-refractivity contribution is -0.148. The number of carbonyl (C=O) groups excluding carboxylic acids is 4. The van der Waals surface area contributed by atoms with Crippen LogP contribution in [-0.4, -0.2) is 68.1 Å². The smallest absolute Gasteiger partial charge is 0.308 e. The van der Waals surface area contributed by atoms with Crippen LogP contribution in [0.2, 0.25) is 0 Å². The average molecular weight is 611 g/mol. The van der Waals surface area contributed by atoms with Gasteiger partial charge < -0.3 is 33.5 Å². The van der Waals surface area contributed by atoms with E-state index in [1.807, 2.05) is 18.2 Å². The van der Waals surface area contributed by atoms with Crippen molar-refractivity contribution in [2.24, 2.45) is 5.92 Å². The summed E-state index contributed by atoms with van der Waals surface area (Å²) < 4.78 is 27.1. The van der Waals surface area contributed by atoms with E-state index in [9.17, 15) is 19.2 Å². The lowest BCUT2D eigenvalue weighted by Gasteiger charge is -2.17. The number of ether oxygens (including phenoxy) is 5. The van der Waals surface area contributed by atoms with Gasteiger partial charge in [0.05, 0.1) is 46.9 Å². The number of fused-ring (bicyclic) bond motifs is 2. The van der Waals surface area contributed by atoms with Crippen molar-refractivity contribution < 1.29 is 42.9 Å². The second-order valence-electron chi connectivity index (χ2n) is 11.1. The van der Waals surface area contributed by atoms with Crippen molar-refractivity contribution in [2.75, 3.05) is 34.5 Å². The van der Waals surface area contributed by atoms with Crippen LogP contribution in [0.4, 0.5) is 0 Å². The van der Waals surface area contributed by atoms with Crippen LogP contribution in [0.15, 0.2) is 24.3 Å². The number of hydrogen-bond donors (Lipinski definition) is 0. The summed E-state index contributed by atoms with van der Waals surface area (Å²) in [7, 11) is 4.55. The molecule has 1 atom stereocenters. The fraction of sp³-hybridized carbons (Fsp3) is 0.515. The Balaban J connectivity index is 1.32. The van der Waals surface area contributed by atoms with Crippen molar-refractivity contribution in [3.8, 4) is 17.2 Å². The van der Waals surface area contributed by atoms with Crippen LogP contribution in [0.1, 0.15) is 67.3 Å². The summed E-state index contributed by atoms with van der Waals surface area (Å²) in [4.78, 5) is 52.4. The van der Waals surface area contributed by atoms with Crippen molar-refractivity contribution in [2.45, 2.75) is 72.1 Å². The first-order chi connectivity index (χ1) is 21.2. The quantitative estimate of drug-likeness (QED) is 0.231. The molecule has 0 unspecified atom stereocenters. The highest BCUT2D eigenvalue weighted by molar-refractivity contribution is 5.83. The van der Waals surface area contributed by atoms with E-state index in [0.717, 1.165) is 33.6 Å². The Morgan fingerprint density at radius 1 is 0.773 bits per heavy atom. The Morgan fingerprint density at radius 3 is 1.93 bits per heavy atom. The van der Waals surface area contributed by atoms with Gasteiger partial charge in [0, 0.05) is 39.0 Å². The van der Waals surface area contributed by atoms with Gasteiger partial charge in [-0.1, -0.05) is 6.92 Å². The van der Waals surface area contributed by atoms with Crippen LogP contribution in [0.25, 0.3) is 0 Å². The van der Waals surface area contributed by atoms with Crippen molar-refractivity contribution in [1.82, 2.24) is 9.80 Å². The highest BCUT2D eigenvalue weighted by Crippen LogP contribution is 2.36. The summed E-state index contributed by atoms with van der Waals surface area (Å²) >= 11 is 0. The van der Waals surface area contributed by atoms with Crippen LogP contribution in [0.5, 0.6) is 17.2 Å². The van der Waals surface area contributed by atoms with Gasteiger partial charge in [-0.05, 0) is 71.8 Å². The Bertz CT molecular complexity index is 1390. The van der Waals surface area contributed by atoms with E-state index in [1.54, 1.807) is 37.9 Å². The van der Waals surface area contributed by atoms with Gasteiger partial charge in [0.2, 0.25) is 11.8 Å². The number of benzene rings is 2. The zero-order chi connectivity index (χ0) is 31.8. The summed E-state index contributed by atoms with van der Waals surface area (Å²) in [5.74, 6) is 0.544. The molecule has 0 aromatic heterocycles. The minimum Gasteiger partial charge on any atom is -0.496 e. The van der Waals surface area contributed by atoms with Crippen LogP contribution < -0.4 is 14.2 Å². The molecule has 44 heavy (non-hydrogen) atoms. The van der Waals surface area contributed by atoms with Gasteiger partial charge in [-0.15, -0.1) is 0 Å². The summed E-state index contributed by atoms with van der Waals surface area (Å²) in [5.41, 5.74) is 5.13. The highest BCUT2D eigenvalue weighted by Gasteiger charge is 2.29. The topological polar surface area (TPSA) is 121 Å². The van der Waals surface area contributed by atoms with Gasteiger partial charge in [-0.25, -0.2) is 0 Å². The zero-order valence-electron chi connectivity index (χ0n) is 26.2. The molecule has 238 valence electrons. The number of amides is 2. The van der Waals surface area contributed by atoms with Crippen LogP contribution >= 0.6 is 0 Å². The maximum atomic E-state index is 12.8. The number of rotatable bonds is 14. The number of hydrogen-bond acceptors (Lipinski definition) is 9. The largest absolute Gasteiger partial charge is 0.496 e. The lowest BCUT2D eigenvalue weighted by atomic mass is 10.0. The van der Waals surface area contributed by atoms with Gasteiger partial charge >= 0.3 is 11.9 Å². The third kappa shape index (κ3) is 7.81. The molecular weight excluding hydrogens is 568 g/mol. The van der Waals surface area contributed by atoms with Gasteiger partial charge in [0.25, 0.3) is 0 Å². The van der Waals surface area contributed by atoms with Crippen molar-refractivity contribution in [1.29, 1.82) is 0 Å². The molecule has 2 aliphatic rings. The highest BCUT2D eigenvalue weighted by atomic mass is 16.5. The second-order valence-corrected chi connectivity index (χ2v) is 11.1. The molecule has 0 radical (unpaired) electrons. The minimum atomic E-state index is -0.502. The predicted octanol–water partition coefficient (Wildman–Crippen LogP) is 3.94. The van der Waals surface area contributed by atoms with Gasteiger partial charge in [0.15, 0.2) is 11.5 Å². The molecule has 2 aliphatic heterocycles. The molecule has 0 saturated heterocycles. The maximum absolute atomic E-state index is 12.8. The van der Waals surface area contributed by atoms with E-state index in [2.05, 4.69) is 6.07 Å². The Labute approximate surface area is 258 Å². The number of esters is 2. The number of nitrogens with zero attached hydrogens (tertiary/aromatic N) is 2. The van der Waals surface area contributed by atoms with Gasteiger partial charge in [-0.3, -0.25) is 19.2 Å². The Morgan fingerprint density at radius 2 is 1.34 bits per heavy atom. The molecule has 2 heterocycles. The average Bonchev–Trinajstić information content (AvgIpc) is 3.64. The molecule has 0 aliphatic carbocycles. The van der Waals surface area contributed by atoms with Gasteiger partial charge in [-0.2, -0.15) is 0 Å².